The molecular weight excluding hydrogens is 483 g/mol. The smallest absolute Gasteiger partial charge is 0.254 e. The number of halogens is 2. The van der Waals surface area contributed by atoms with Gasteiger partial charge in [-0.3, -0.25) is 14.4 Å². The number of anilines is 1. The highest BCUT2D eigenvalue weighted by atomic mass is 35.5. The predicted octanol–water partition coefficient (Wildman–Crippen LogP) is 5.61. The van der Waals surface area contributed by atoms with Crippen LogP contribution < -0.4 is 4.90 Å². The molecule has 182 valence electrons. The van der Waals surface area contributed by atoms with Gasteiger partial charge in [-0.05, 0) is 57.2 Å². The number of hydrogen-bond acceptors (Lipinski definition) is 5. The topological polar surface area (TPSA) is 59.1 Å². The maximum Gasteiger partial charge on any atom is 0.254 e. The molecule has 0 bridgehead atoms. The number of hydroxylamine groups is 2. The van der Waals surface area contributed by atoms with Gasteiger partial charge in [0.05, 0.1) is 36.9 Å². The van der Waals surface area contributed by atoms with Crippen molar-refractivity contribution in [1.29, 1.82) is 0 Å². The van der Waals surface area contributed by atoms with E-state index in [-0.39, 0.29) is 23.7 Å². The van der Waals surface area contributed by atoms with E-state index >= 15 is 0 Å². The van der Waals surface area contributed by atoms with E-state index in [1.807, 2.05) is 58.9 Å². The summed E-state index contributed by atoms with van der Waals surface area (Å²) in [6.45, 7) is 11.1. The Morgan fingerprint density at radius 1 is 1.33 bits per heavy atom. The van der Waals surface area contributed by atoms with E-state index in [1.54, 1.807) is 23.3 Å². The highest BCUT2D eigenvalue weighted by Crippen LogP contribution is 2.32. The molecule has 0 radical (unpaired) electrons. The zero-order valence-corrected chi connectivity index (χ0v) is 22.3. The number of aryl methyl sites for hydroxylation is 2. The molecule has 33 heavy (non-hydrogen) atoms. The molecule has 6 nitrogen and oxygen atoms in total. The normalized spacial score (nSPS) is 15.8. The van der Waals surface area contributed by atoms with Gasteiger partial charge in [0.2, 0.25) is 5.91 Å². The number of nitrogens with zero attached hydrogens (tertiary/aromatic N) is 2. The summed E-state index contributed by atoms with van der Waals surface area (Å²) in [5.74, 6) is -0.0868. The molecule has 1 aromatic heterocycles. The van der Waals surface area contributed by atoms with Crippen molar-refractivity contribution in [2.45, 2.75) is 47.2 Å². The van der Waals surface area contributed by atoms with Gasteiger partial charge in [-0.2, -0.15) is 0 Å². The van der Waals surface area contributed by atoms with Crippen LogP contribution in [0.4, 0.5) is 5.69 Å². The number of carbonyl (C=O) groups excluding carboxylic acids is 2. The van der Waals surface area contributed by atoms with Crippen molar-refractivity contribution in [2.24, 2.45) is 5.41 Å². The second-order valence-corrected chi connectivity index (χ2v) is 10.4. The average molecular weight is 516 g/mol. The Balaban J connectivity index is 0.000000234. The van der Waals surface area contributed by atoms with Crippen molar-refractivity contribution in [2.75, 3.05) is 31.1 Å². The van der Waals surface area contributed by atoms with Gasteiger partial charge in [0.1, 0.15) is 5.88 Å². The highest BCUT2D eigenvalue weighted by molar-refractivity contribution is 7.10. The van der Waals surface area contributed by atoms with Gasteiger partial charge in [0.15, 0.2) is 0 Å². The van der Waals surface area contributed by atoms with Crippen LogP contribution >= 0.6 is 34.5 Å². The fourth-order valence-corrected chi connectivity index (χ4v) is 4.65. The molecule has 0 aliphatic carbocycles. The van der Waals surface area contributed by atoms with E-state index < -0.39 is 5.41 Å². The van der Waals surface area contributed by atoms with Crippen LogP contribution in [0.25, 0.3) is 0 Å². The van der Waals surface area contributed by atoms with Crippen molar-refractivity contribution in [3.63, 3.8) is 0 Å². The van der Waals surface area contributed by atoms with E-state index in [1.165, 1.54) is 5.06 Å². The Labute approximate surface area is 210 Å². The van der Waals surface area contributed by atoms with Crippen molar-refractivity contribution < 1.29 is 19.2 Å². The summed E-state index contributed by atoms with van der Waals surface area (Å²) >= 11 is 13.4. The van der Waals surface area contributed by atoms with Crippen molar-refractivity contribution in [3.05, 3.63) is 50.7 Å². The van der Waals surface area contributed by atoms with E-state index in [9.17, 15) is 9.59 Å². The lowest BCUT2D eigenvalue weighted by molar-refractivity contribution is -0.165. The van der Waals surface area contributed by atoms with Gasteiger partial charge in [0, 0.05) is 17.0 Å². The first-order valence-corrected chi connectivity index (χ1v) is 12.4. The van der Waals surface area contributed by atoms with Gasteiger partial charge < -0.3 is 9.64 Å². The molecule has 1 fully saturated rings. The molecule has 2 heterocycles. The third kappa shape index (κ3) is 6.93. The maximum absolute atomic E-state index is 12.0. The number of amides is 2. The van der Waals surface area contributed by atoms with Crippen LogP contribution in [0.15, 0.2) is 29.6 Å². The molecular formula is C24H32Cl2N2O4S. The summed E-state index contributed by atoms with van der Waals surface area (Å²) in [7, 11) is 1.63. The Kier molecular flexibility index (Phi) is 10.2. The molecule has 1 aliphatic heterocycles. The summed E-state index contributed by atoms with van der Waals surface area (Å²) in [6.07, 6.45) is 0. The number of carbonyl (C=O) groups is 2. The van der Waals surface area contributed by atoms with Crippen LogP contribution in [0.1, 0.15) is 36.8 Å². The fraction of sp³-hybridized carbons (Fsp3) is 0.500. The van der Waals surface area contributed by atoms with Crippen molar-refractivity contribution >= 4 is 52.0 Å². The largest absolute Gasteiger partial charge is 0.383 e. The molecule has 1 aliphatic rings. The molecule has 0 N–H and O–H groups in total. The Bertz CT molecular complexity index is 944. The SMILES string of the molecule is CC1(C)CON(Cc2ccccc2Cl)C1=O.COCC(C)N(C(=O)CCl)c1c(C)csc1C. The second-order valence-electron chi connectivity index (χ2n) is 8.62. The van der Waals surface area contributed by atoms with Crippen LogP contribution in [0, 0.1) is 19.3 Å². The lowest BCUT2D eigenvalue weighted by atomic mass is 9.95. The molecule has 1 aromatic carbocycles. The first-order chi connectivity index (χ1) is 15.5. The molecule has 0 saturated carbocycles. The van der Waals surface area contributed by atoms with E-state index in [4.69, 9.17) is 32.8 Å². The van der Waals surface area contributed by atoms with Crippen molar-refractivity contribution in [1.82, 2.24) is 5.06 Å². The van der Waals surface area contributed by atoms with E-state index in [0.717, 1.165) is 21.7 Å². The molecule has 2 amide bonds. The Morgan fingerprint density at radius 3 is 2.48 bits per heavy atom. The van der Waals surface area contributed by atoms with Crippen LogP contribution in [-0.4, -0.2) is 49.1 Å². The van der Waals surface area contributed by atoms with Crippen LogP contribution in [0.5, 0.6) is 0 Å². The number of alkyl halides is 1. The number of ether oxygens (including phenoxy) is 1. The number of rotatable bonds is 7. The maximum atomic E-state index is 12.0. The quantitative estimate of drug-likeness (QED) is 0.450. The summed E-state index contributed by atoms with van der Waals surface area (Å²) in [4.78, 5) is 32.1. The Hall–Kier alpha value is -1.64. The molecule has 1 saturated heterocycles. The number of benzene rings is 1. The summed E-state index contributed by atoms with van der Waals surface area (Å²) < 4.78 is 5.12. The number of methoxy groups -OCH3 is 1. The standard InChI is InChI=1S/C12H18ClNO2S.C12H14ClNO2/c1-8-7-17-10(3)12(8)14(11(15)5-13)9(2)6-16-4;1-12(2)8-16-14(11(12)15)7-9-5-3-4-6-10(9)13/h7,9H,5-6H2,1-4H3;3-6H,7-8H2,1-2H3. The zero-order chi connectivity index (χ0) is 24.8. The van der Waals surface area contributed by atoms with Crippen LogP contribution in [0.2, 0.25) is 5.02 Å². The third-order valence-electron chi connectivity index (χ3n) is 5.25. The summed E-state index contributed by atoms with van der Waals surface area (Å²) in [5, 5.41) is 4.10. The van der Waals surface area contributed by atoms with Gasteiger partial charge in [0.25, 0.3) is 5.91 Å². The van der Waals surface area contributed by atoms with Gasteiger partial charge >= 0.3 is 0 Å². The summed E-state index contributed by atoms with van der Waals surface area (Å²) in [6, 6.07) is 7.45. The minimum absolute atomic E-state index is 0.00687. The first kappa shape index (κ1) is 27.6. The average Bonchev–Trinajstić information content (AvgIpc) is 3.23. The zero-order valence-electron chi connectivity index (χ0n) is 20.0. The van der Waals surface area contributed by atoms with Crippen molar-refractivity contribution in [3.8, 4) is 0 Å². The highest BCUT2D eigenvalue weighted by Gasteiger charge is 2.40. The monoisotopic (exact) mass is 514 g/mol. The fourth-order valence-electron chi connectivity index (χ4n) is 3.49. The minimum Gasteiger partial charge on any atom is -0.383 e. The minimum atomic E-state index is -0.429. The lowest BCUT2D eigenvalue weighted by Gasteiger charge is -2.29. The molecule has 9 heteroatoms. The number of thiophene rings is 1. The predicted molar refractivity (Wildman–Crippen MR) is 135 cm³/mol. The molecule has 3 rings (SSSR count). The molecule has 2 aromatic rings. The van der Waals surface area contributed by atoms with E-state index in [0.29, 0.717) is 24.8 Å². The summed E-state index contributed by atoms with van der Waals surface area (Å²) in [5.41, 5.74) is 2.55. The van der Waals surface area contributed by atoms with Crippen LogP contribution in [0.3, 0.4) is 0 Å². The lowest BCUT2D eigenvalue weighted by Crippen LogP contribution is -2.42. The van der Waals surface area contributed by atoms with Gasteiger partial charge in [-0.1, -0.05) is 29.8 Å². The molecule has 1 unspecified atom stereocenters. The molecule has 0 spiro atoms. The Morgan fingerprint density at radius 2 is 2.00 bits per heavy atom. The molecule has 1 atom stereocenters. The number of hydrogen-bond donors (Lipinski definition) is 0. The second kappa shape index (κ2) is 12.2. The van der Waals surface area contributed by atoms with E-state index in [2.05, 4.69) is 5.38 Å². The van der Waals surface area contributed by atoms with Gasteiger partial charge in [-0.15, -0.1) is 22.9 Å². The van der Waals surface area contributed by atoms with Gasteiger partial charge in [-0.25, -0.2) is 5.06 Å². The third-order valence-corrected chi connectivity index (χ3v) is 6.87. The van der Waals surface area contributed by atoms with Crippen LogP contribution in [-0.2, 0) is 25.7 Å². The first-order valence-electron chi connectivity index (χ1n) is 10.6.